The Morgan fingerprint density at radius 2 is 1.89 bits per heavy atom. The topological polar surface area (TPSA) is 49.3 Å². The first kappa shape index (κ1) is 17.8. The molecule has 0 N–H and O–H groups in total. The van der Waals surface area contributed by atoms with Gasteiger partial charge in [-0.15, -0.1) is 0 Å². The van der Waals surface area contributed by atoms with E-state index in [2.05, 4.69) is 34.1 Å². The van der Waals surface area contributed by atoms with Crippen molar-refractivity contribution in [2.45, 2.75) is 25.2 Å². The van der Waals surface area contributed by atoms with E-state index in [1.807, 2.05) is 17.0 Å². The van der Waals surface area contributed by atoms with Crippen LogP contribution in [0.3, 0.4) is 0 Å². The number of hydrogen-bond acceptors (Lipinski definition) is 5. The van der Waals surface area contributed by atoms with Crippen LogP contribution in [0.4, 0.5) is 0 Å². The van der Waals surface area contributed by atoms with Crippen molar-refractivity contribution in [3.05, 3.63) is 59.5 Å². The van der Waals surface area contributed by atoms with Crippen LogP contribution in [0, 0.1) is 0 Å². The Balaban J connectivity index is 1.17. The standard InChI is InChI=1S/C22H24N4OS/c27-22-21-16(4-3-10-23-21)9-13-26(22)15-14-25-11-7-17(8-12-25)20-18-5-1-2-6-19(18)28-24-20/h1-6,10,17H,7-9,11-15H2. The molecule has 28 heavy (non-hydrogen) atoms. The van der Waals surface area contributed by atoms with Crippen molar-refractivity contribution >= 4 is 27.5 Å². The molecule has 6 heteroatoms. The van der Waals surface area contributed by atoms with Crippen molar-refractivity contribution in [2.75, 3.05) is 32.7 Å². The van der Waals surface area contributed by atoms with Gasteiger partial charge in [-0.25, -0.2) is 0 Å². The van der Waals surface area contributed by atoms with Crippen molar-refractivity contribution in [2.24, 2.45) is 0 Å². The monoisotopic (exact) mass is 392 g/mol. The first-order valence-corrected chi connectivity index (χ1v) is 10.9. The van der Waals surface area contributed by atoms with Gasteiger partial charge in [0.25, 0.3) is 5.91 Å². The van der Waals surface area contributed by atoms with Gasteiger partial charge in [0.15, 0.2) is 0 Å². The molecule has 1 saturated heterocycles. The Labute approximate surface area is 169 Å². The molecule has 5 nitrogen and oxygen atoms in total. The van der Waals surface area contributed by atoms with E-state index in [-0.39, 0.29) is 5.91 Å². The fourth-order valence-corrected chi connectivity index (χ4v) is 5.30. The van der Waals surface area contributed by atoms with Crippen LogP contribution in [0.25, 0.3) is 10.1 Å². The third-order valence-electron chi connectivity index (χ3n) is 6.10. The van der Waals surface area contributed by atoms with E-state index in [4.69, 9.17) is 4.37 Å². The Morgan fingerprint density at radius 3 is 2.79 bits per heavy atom. The van der Waals surface area contributed by atoms with Gasteiger partial charge < -0.3 is 9.80 Å². The molecule has 0 saturated carbocycles. The predicted molar refractivity (Wildman–Crippen MR) is 112 cm³/mol. The van der Waals surface area contributed by atoms with Crippen molar-refractivity contribution in [1.29, 1.82) is 0 Å². The number of aromatic nitrogens is 2. The summed E-state index contributed by atoms with van der Waals surface area (Å²) in [5.74, 6) is 0.644. The maximum atomic E-state index is 12.7. The summed E-state index contributed by atoms with van der Waals surface area (Å²) in [6.45, 7) is 4.69. The number of rotatable bonds is 4. The lowest BCUT2D eigenvalue weighted by Gasteiger charge is -2.34. The van der Waals surface area contributed by atoms with Gasteiger partial charge in [-0.2, -0.15) is 4.37 Å². The third-order valence-corrected chi connectivity index (χ3v) is 6.94. The summed E-state index contributed by atoms with van der Waals surface area (Å²) < 4.78 is 6.05. The van der Waals surface area contributed by atoms with E-state index in [1.54, 1.807) is 17.7 Å². The van der Waals surface area contributed by atoms with Gasteiger partial charge in [-0.05, 0) is 61.6 Å². The first-order valence-electron chi connectivity index (χ1n) is 10.1. The summed E-state index contributed by atoms with van der Waals surface area (Å²) in [6, 6.07) is 12.5. The zero-order valence-electron chi connectivity index (χ0n) is 15.9. The zero-order valence-corrected chi connectivity index (χ0v) is 16.7. The molecule has 4 heterocycles. The predicted octanol–water partition coefficient (Wildman–Crippen LogP) is 3.57. The van der Waals surface area contributed by atoms with Gasteiger partial charge in [0.2, 0.25) is 0 Å². The molecule has 5 rings (SSSR count). The number of likely N-dealkylation sites (tertiary alicyclic amines) is 1. The second kappa shape index (κ2) is 7.60. The van der Waals surface area contributed by atoms with E-state index in [0.717, 1.165) is 57.5 Å². The third kappa shape index (κ3) is 3.31. The molecule has 1 fully saturated rings. The lowest BCUT2D eigenvalue weighted by molar-refractivity contribution is 0.0703. The molecule has 0 spiro atoms. The number of pyridine rings is 1. The number of nitrogens with zero attached hydrogens (tertiary/aromatic N) is 4. The molecule has 2 aromatic heterocycles. The van der Waals surface area contributed by atoms with Gasteiger partial charge in [0, 0.05) is 37.1 Å². The van der Waals surface area contributed by atoms with Gasteiger partial charge in [-0.3, -0.25) is 9.78 Å². The Kier molecular flexibility index (Phi) is 4.82. The van der Waals surface area contributed by atoms with Crippen LogP contribution in [-0.4, -0.2) is 57.8 Å². The minimum atomic E-state index is 0.0886. The number of carbonyl (C=O) groups is 1. The summed E-state index contributed by atoms with van der Waals surface area (Å²) in [5, 5.41) is 1.33. The highest BCUT2D eigenvalue weighted by Crippen LogP contribution is 2.34. The Morgan fingerprint density at radius 1 is 1.04 bits per heavy atom. The molecule has 0 aliphatic carbocycles. The van der Waals surface area contributed by atoms with Crippen molar-refractivity contribution in [1.82, 2.24) is 19.2 Å². The molecule has 2 aliphatic heterocycles. The summed E-state index contributed by atoms with van der Waals surface area (Å²) in [5.41, 5.74) is 3.01. The zero-order chi connectivity index (χ0) is 18.9. The van der Waals surface area contributed by atoms with Crippen molar-refractivity contribution < 1.29 is 4.79 Å². The molecule has 0 unspecified atom stereocenters. The average molecular weight is 393 g/mol. The number of hydrogen-bond donors (Lipinski definition) is 0. The summed E-state index contributed by atoms with van der Waals surface area (Å²) in [7, 11) is 0. The van der Waals surface area contributed by atoms with Gasteiger partial charge in [0.05, 0.1) is 10.4 Å². The van der Waals surface area contributed by atoms with E-state index < -0.39 is 0 Å². The molecule has 1 aromatic carbocycles. The maximum Gasteiger partial charge on any atom is 0.272 e. The van der Waals surface area contributed by atoms with E-state index >= 15 is 0 Å². The minimum absolute atomic E-state index is 0.0886. The first-order chi connectivity index (χ1) is 13.8. The number of carbonyl (C=O) groups excluding carboxylic acids is 1. The second-order valence-corrected chi connectivity index (χ2v) is 8.54. The number of amides is 1. The van der Waals surface area contributed by atoms with Crippen LogP contribution in [0.2, 0.25) is 0 Å². The van der Waals surface area contributed by atoms with Gasteiger partial charge in [-0.1, -0.05) is 24.3 Å². The largest absolute Gasteiger partial charge is 0.336 e. The van der Waals surface area contributed by atoms with E-state index in [0.29, 0.717) is 11.6 Å². The molecule has 2 aliphatic rings. The van der Waals surface area contributed by atoms with Crippen LogP contribution < -0.4 is 0 Å². The highest BCUT2D eigenvalue weighted by molar-refractivity contribution is 7.13. The van der Waals surface area contributed by atoms with Crippen LogP contribution in [0.1, 0.15) is 40.5 Å². The summed E-state index contributed by atoms with van der Waals surface area (Å²) in [4.78, 5) is 21.4. The highest BCUT2D eigenvalue weighted by atomic mass is 32.1. The number of piperidine rings is 1. The smallest absolute Gasteiger partial charge is 0.272 e. The second-order valence-electron chi connectivity index (χ2n) is 7.73. The van der Waals surface area contributed by atoms with Crippen LogP contribution in [-0.2, 0) is 6.42 Å². The molecular formula is C22H24N4OS. The fourth-order valence-electron chi connectivity index (χ4n) is 4.44. The van der Waals surface area contributed by atoms with E-state index in [1.165, 1.54) is 15.8 Å². The number of benzene rings is 1. The molecule has 0 bridgehead atoms. The van der Waals surface area contributed by atoms with Crippen LogP contribution >= 0.6 is 11.5 Å². The lowest BCUT2D eigenvalue weighted by Crippen LogP contribution is -2.44. The minimum Gasteiger partial charge on any atom is -0.336 e. The van der Waals surface area contributed by atoms with E-state index in [9.17, 15) is 4.79 Å². The Hall–Kier alpha value is -2.31. The van der Waals surface area contributed by atoms with Crippen LogP contribution in [0.5, 0.6) is 0 Å². The van der Waals surface area contributed by atoms with Crippen LogP contribution in [0.15, 0.2) is 42.6 Å². The summed E-state index contributed by atoms with van der Waals surface area (Å²) in [6.07, 6.45) is 4.92. The maximum absolute atomic E-state index is 12.7. The quantitative estimate of drug-likeness (QED) is 0.681. The van der Waals surface area contributed by atoms with Gasteiger partial charge in [0.1, 0.15) is 5.69 Å². The molecule has 144 valence electrons. The highest BCUT2D eigenvalue weighted by Gasteiger charge is 2.27. The fraction of sp³-hybridized carbons (Fsp3) is 0.409. The summed E-state index contributed by atoms with van der Waals surface area (Å²) >= 11 is 1.62. The molecular weight excluding hydrogens is 368 g/mol. The SMILES string of the molecule is O=C1c2ncccc2CCN1CCN1CCC(c2nsc3ccccc23)CC1. The molecule has 1 amide bonds. The average Bonchev–Trinajstić information content (AvgIpc) is 3.18. The normalized spacial score (nSPS) is 18.6. The number of fused-ring (bicyclic) bond motifs is 2. The molecule has 0 radical (unpaired) electrons. The van der Waals surface area contributed by atoms with Crippen molar-refractivity contribution in [3.63, 3.8) is 0 Å². The Bertz CT molecular complexity index is 993. The molecule has 0 atom stereocenters. The molecule has 3 aromatic rings. The van der Waals surface area contributed by atoms with Gasteiger partial charge >= 0.3 is 0 Å². The van der Waals surface area contributed by atoms with Crippen molar-refractivity contribution in [3.8, 4) is 0 Å². The lowest BCUT2D eigenvalue weighted by atomic mass is 9.91.